The zero-order valence-electron chi connectivity index (χ0n) is 11.9. The Bertz CT molecular complexity index is 861. The minimum Gasteiger partial charge on any atom is -0.311 e. The summed E-state index contributed by atoms with van der Waals surface area (Å²) in [5.74, 6) is -0.192. The third-order valence-electron chi connectivity index (χ3n) is 3.61. The van der Waals surface area contributed by atoms with Crippen molar-refractivity contribution in [1.29, 1.82) is 0 Å². The summed E-state index contributed by atoms with van der Waals surface area (Å²) in [5.41, 5.74) is 1.20. The SMILES string of the molecule is CN(C(=O)c1cccc(Cl)c1Cl)c1ccc2ccccc2c1. The van der Waals surface area contributed by atoms with Crippen molar-refractivity contribution in [2.45, 2.75) is 0 Å². The minimum atomic E-state index is -0.192. The van der Waals surface area contributed by atoms with E-state index in [2.05, 4.69) is 0 Å². The average molecular weight is 330 g/mol. The van der Waals surface area contributed by atoms with Crippen LogP contribution >= 0.6 is 23.2 Å². The van der Waals surface area contributed by atoms with Crippen molar-refractivity contribution in [3.8, 4) is 0 Å². The minimum absolute atomic E-state index is 0.192. The predicted octanol–water partition coefficient (Wildman–Crippen LogP) is 5.42. The van der Waals surface area contributed by atoms with E-state index in [-0.39, 0.29) is 10.9 Å². The topological polar surface area (TPSA) is 20.3 Å². The first-order chi connectivity index (χ1) is 10.6. The standard InChI is InChI=1S/C18H13Cl2NO/c1-21(18(22)15-7-4-8-16(19)17(15)20)14-10-9-12-5-2-3-6-13(12)11-14/h2-11H,1H3. The molecule has 0 aliphatic carbocycles. The summed E-state index contributed by atoms with van der Waals surface area (Å²) in [4.78, 5) is 14.2. The molecule has 3 rings (SSSR count). The maximum Gasteiger partial charge on any atom is 0.259 e. The van der Waals surface area contributed by atoms with E-state index in [4.69, 9.17) is 23.2 Å². The van der Waals surface area contributed by atoms with E-state index in [1.807, 2.05) is 42.5 Å². The van der Waals surface area contributed by atoms with Crippen molar-refractivity contribution in [2.75, 3.05) is 11.9 Å². The van der Waals surface area contributed by atoms with Crippen molar-refractivity contribution in [3.05, 3.63) is 76.3 Å². The molecule has 0 fully saturated rings. The molecule has 0 aliphatic heterocycles. The van der Waals surface area contributed by atoms with E-state index in [1.165, 1.54) is 0 Å². The molecule has 22 heavy (non-hydrogen) atoms. The third-order valence-corrected chi connectivity index (χ3v) is 4.43. The number of amides is 1. The summed E-state index contributed by atoms with van der Waals surface area (Å²) >= 11 is 12.1. The number of hydrogen-bond acceptors (Lipinski definition) is 1. The Morgan fingerprint density at radius 2 is 1.64 bits per heavy atom. The zero-order valence-corrected chi connectivity index (χ0v) is 13.4. The summed E-state index contributed by atoms with van der Waals surface area (Å²) < 4.78 is 0. The summed E-state index contributed by atoms with van der Waals surface area (Å²) in [7, 11) is 1.73. The predicted molar refractivity (Wildman–Crippen MR) is 93.1 cm³/mol. The van der Waals surface area contributed by atoms with Crippen molar-refractivity contribution >= 4 is 45.6 Å². The molecule has 0 saturated carbocycles. The number of rotatable bonds is 2. The molecular formula is C18H13Cl2NO. The highest BCUT2D eigenvalue weighted by molar-refractivity contribution is 6.44. The lowest BCUT2D eigenvalue weighted by Crippen LogP contribution is -2.26. The van der Waals surface area contributed by atoms with Crippen molar-refractivity contribution in [3.63, 3.8) is 0 Å². The lowest BCUT2D eigenvalue weighted by Gasteiger charge is -2.19. The second-order valence-electron chi connectivity index (χ2n) is 5.00. The number of carbonyl (C=O) groups excluding carboxylic acids is 1. The van der Waals surface area contributed by atoms with Gasteiger partial charge < -0.3 is 4.90 Å². The Labute approximate surface area is 138 Å². The fraction of sp³-hybridized carbons (Fsp3) is 0.0556. The fourth-order valence-corrected chi connectivity index (χ4v) is 2.73. The second kappa shape index (κ2) is 5.99. The van der Waals surface area contributed by atoms with Crippen LogP contribution in [-0.4, -0.2) is 13.0 Å². The third kappa shape index (κ3) is 2.68. The van der Waals surface area contributed by atoms with Crippen LogP contribution in [0.5, 0.6) is 0 Å². The lowest BCUT2D eigenvalue weighted by atomic mass is 10.1. The van der Waals surface area contributed by atoms with Gasteiger partial charge in [0.25, 0.3) is 5.91 Å². The van der Waals surface area contributed by atoms with Gasteiger partial charge in [-0.1, -0.05) is 59.6 Å². The molecule has 0 aromatic heterocycles. The Kier molecular flexibility index (Phi) is 4.06. The van der Waals surface area contributed by atoms with Gasteiger partial charge >= 0.3 is 0 Å². The van der Waals surface area contributed by atoms with E-state index in [9.17, 15) is 4.79 Å². The van der Waals surface area contributed by atoms with Gasteiger partial charge in [0.15, 0.2) is 0 Å². The number of anilines is 1. The number of hydrogen-bond donors (Lipinski definition) is 0. The van der Waals surface area contributed by atoms with Crippen molar-refractivity contribution in [2.24, 2.45) is 0 Å². The highest BCUT2D eigenvalue weighted by Gasteiger charge is 2.18. The molecule has 110 valence electrons. The molecule has 0 atom stereocenters. The molecule has 0 spiro atoms. The van der Waals surface area contributed by atoms with Crippen molar-refractivity contribution in [1.82, 2.24) is 0 Å². The largest absolute Gasteiger partial charge is 0.311 e. The Morgan fingerprint density at radius 1 is 0.909 bits per heavy atom. The monoisotopic (exact) mass is 329 g/mol. The molecule has 0 aliphatic rings. The molecule has 4 heteroatoms. The maximum atomic E-state index is 12.6. The van der Waals surface area contributed by atoms with E-state index in [0.29, 0.717) is 10.6 Å². The van der Waals surface area contributed by atoms with Gasteiger partial charge in [0.05, 0.1) is 15.6 Å². The van der Waals surface area contributed by atoms with Gasteiger partial charge in [-0.05, 0) is 35.0 Å². The first-order valence-electron chi connectivity index (χ1n) is 6.79. The smallest absolute Gasteiger partial charge is 0.259 e. The van der Waals surface area contributed by atoms with Gasteiger partial charge in [0.1, 0.15) is 0 Å². The molecule has 0 saturated heterocycles. The first-order valence-corrected chi connectivity index (χ1v) is 7.54. The normalized spacial score (nSPS) is 10.7. The van der Waals surface area contributed by atoms with Crippen LogP contribution in [0.4, 0.5) is 5.69 Å². The van der Waals surface area contributed by atoms with Gasteiger partial charge in [-0.25, -0.2) is 0 Å². The number of fused-ring (bicyclic) bond motifs is 1. The van der Waals surface area contributed by atoms with E-state index >= 15 is 0 Å². The molecular weight excluding hydrogens is 317 g/mol. The van der Waals surface area contributed by atoms with Crippen LogP contribution in [0.2, 0.25) is 10.0 Å². The molecule has 3 aromatic rings. The molecule has 2 nitrogen and oxygen atoms in total. The van der Waals surface area contributed by atoms with Crippen molar-refractivity contribution < 1.29 is 4.79 Å². The number of carbonyl (C=O) groups is 1. The Morgan fingerprint density at radius 3 is 2.41 bits per heavy atom. The summed E-state index contributed by atoms with van der Waals surface area (Å²) in [5, 5.41) is 2.87. The molecule has 0 N–H and O–H groups in total. The molecule has 1 amide bonds. The Balaban J connectivity index is 1.99. The van der Waals surface area contributed by atoms with Gasteiger partial charge in [-0.15, -0.1) is 0 Å². The van der Waals surface area contributed by atoms with Crippen LogP contribution in [0.3, 0.4) is 0 Å². The first kappa shape index (κ1) is 14.9. The van der Waals surface area contributed by atoms with E-state index in [0.717, 1.165) is 16.5 Å². The quantitative estimate of drug-likeness (QED) is 0.614. The van der Waals surface area contributed by atoms with E-state index < -0.39 is 0 Å². The van der Waals surface area contributed by atoms with Crippen LogP contribution in [0.25, 0.3) is 10.8 Å². The van der Waals surface area contributed by atoms with Crippen LogP contribution < -0.4 is 4.90 Å². The summed E-state index contributed by atoms with van der Waals surface area (Å²) in [6.45, 7) is 0. The number of benzene rings is 3. The second-order valence-corrected chi connectivity index (χ2v) is 5.78. The highest BCUT2D eigenvalue weighted by Crippen LogP contribution is 2.28. The summed E-state index contributed by atoms with van der Waals surface area (Å²) in [6, 6.07) is 19.0. The zero-order chi connectivity index (χ0) is 15.7. The van der Waals surface area contributed by atoms with Gasteiger partial charge in [-0.2, -0.15) is 0 Å². The molecule has 0 radical (unpaired) electrons. The molecule has 3 aromatic carbocycles. The average Bonchev–Trinajstić information content (AvgIpc) is 2.55. The molecule has 0 bridgehead atoms. The molecule has 0 unspecified atom stereocenters. The van der Waals surface area contributed by atoms with Crippen LogP contribution in [0.1, 0.15) is 10.4 Å². The van der Waals surface area contributed by atoms with Gasteiger partial charge in [-0.3, -0.25) is 4.79 Å². The number of halogens is 2. The fourth-order valence-electron chi connectivity index (χ4n) is 2.35. The molecule has 0 heterocycles. The Hall–Kier alpha value is -2.03. The lowest BCUT2D eigenvalue weighted by molar-refractivity contribution is 0.0993. The summed E-state index contributed by atoms with van der Waals surface area (Å²) in [6.07, 6.45) is 0. The number of nitrogens with zero attached hydrogens (tertiary/aromatic N) is 1. The van der Waals surface area contributed by atoms with Crippen LogP contribution in [0.15, 0.2) is 60.7 Å². The van der Waals surface area contributed by atoms with Crippen LogP contribution in [-0.2, 0) is 0 Å². The van der Waals surface area contributed by atoms with Crippen LogP contribution in [0, 0.1) is 0 Å². The maximum absolute atomic E-state index is 12.6. The van der Waals surface area contributed by atoms with Gasteiger partial charge in [0, 0.05) is 12.7 Å². The van der Waals surface area contributed by atoms with E-state index in [1.54, 1.807) is 30.1 Å². The highest BCUT2D eigenvalue weighted by atomic mass is 35.5. The van der Waals surface area contributed by atoms with Gasteiger partial charge in [0.2, 0.25) is 0 Å².